The van der Waals surface area contributed by atoms with Crippen LogP contribution in [0.5, 0.6) is 11.6 Å². The van der Waals surface area contributed by atoms with E-state index >= 15 is 0 Å². The zero-order valence-corrected chi connectivity index (χ0v) is 6.01. The zero-order valence-electron chi connectivity index (χ0n) is 5.20. The van der Waals surface area contributed by atoms with Crippen molar-refractivity contribution in [3.8, 4) is 11.6 Å². The van der Waals surface area contributed by atoms with E-state index in [1.807, 2.05) is 0 Å². The molecule has 0 unspecified atom stereocenters. The zero-order chi connectivity index (χ0) is 7.56. The Kier molecular flexibility index (Phi) is 1.86. The van der Waals surface area contributed by atoms with Gasteiger partial charge in [-0.3, -0.25) is 9.97 Å². The lowest BCUT2D eigenvalue weighted by Gasteiger charge is -2.13. The molecule has 0 N–H and O–H groups in total. The topological polar surface area (TPSA) is 58.1 Å². The summed E-state index contributed by atoms with van der Waals surface area (Å²) < 4.78 is 4.62. The summed E-state index contributed by atoms with van der Waals surface area (Å²) in [5, 5.41) is 10.8. The molecule has 0 aliphatic heterocycles. The van der Waals surface area contributed by atoms with Crippen LogP contribution in [0.3, 0.4) is 0 Å². The molecule has 0 saturated heterocycles. The molecule has 1 aromatic rings. The molecular formula is C5H4N2O2S-2. The molecule has 54 valence electrons. The van der Waals surface area contributed by atoms with Crippen molar-refractivity contribution in [1.82, 2.24) is 9.97 Å². The highest BCUT2D eigenvalue weighted by Crippen LogP contribution is 2.16. The molecule has 10 heavy (non-hydrogen) atoms. The number of hydrogen-bond acceptors (Lipinski definition) is 5. The van der Waals surface area contributed by atoms with Gasteiger partial charge >= 0.3 is 0 Å². The van der Waals surface area contributed by atoms with Gasteiger partial charge in [0.25, 0.3) is 0 Å². The first-order valence-corrected chi connectivity index (χ1v) is 2.90. The maximum atomic E-state index is 10.7. The SMILES string of the molecule is COc1cnc([S-])nc1[O-]. The van der Waals surface area contributed by atoms with Gasteiger partial charge in [0.15, 0.2) is 0 Å². The summed E-state index contributed by atoms with van der Waals surface area (Å²) in [6.07, 6.45) is 1.26. The van der Waals surface area contributed by atoms with E-state index in [9.17, 15) is 5.11 Å². The summed E-state index contributed by atoms with van der Waals surface area (Å²) in [4.78, 5) is 6.96. The van der Waals surface area contributed by atoms with Crippen LogP contribution in [0.15, 0.2) is 11.4 Å². The molecule has 0 amide bonds. The second-order valence-electron chi connectivity index (χ2n) is 1.53. The van der Waals surface area contributed by atoms with Crippen molar-refractivity contribution in [3.63, 3.8) is 0 Å². The van der Waals surface area contributed by atoms with Crippen molar-refractivity contribution in [1.29, 1.82) is 0 Å². The van der Waals surface area contributed by atoms with E-state index in [-0.39, 0.29) is 10.9 Å². The van der Waals surface area contributed by atoms with E-state index in [0.29, 0.717) is 0 Å². The lowest BCUT2D eigenvalue weighted by molar-refractivity contribution is -0.277. The van der Waals surface area contributed by atoms with Gasteiger partial charge in [-0.2, -0.15) is 0 Å². The summed E-state index contributed by atoms with van der Waals surface area (Å²) >= 11 is 4.53. The molecule has 1 aromatic heterocycles. The van der Waals surface area contributed by atoms with E-state index in [1.54, 1.807) is 0 Å². The molecule has 0 bridgehead atoms. The molecule has 0 aliphatic carbocycles. The van der Waals surface area contributed by atoms with E-state index in [0.717, 1.165) is 0 Å². The van der Waals surface area contributed by atoms with Crippen molar-refractivity contribution >= 4 is 12.6 Å². The summed E-state index contributed by atoms with van der Waals surface area (Å²) in [6, 6.07) is 0. The van der Waals surface area contributed by atoms with Crippen LogP contribution in [0.4, 0.5) is 0 Å². The van der Waals surface area contributed by atoms with Gasteiger partial charge < -0.3 is 22.5 Å². The number of ether oxygens (including phenoxy) is 1. The molecule has 4 nitrogen and oxygen atoms in total. The highest BCUT2D eigenvalue weighted by atomic mass is 32.1. The predicted molar refractivity (Wildman–Crippen MR) is 33.7 cm³/mol. The van der Waals surface area contributed by atoms with Gasteiger partial charge in [-0.25, -0.2) is 0 Å². The van der Waals surface area contributed by atoms with Crippen LogP contribution in [-0.4, -0.2) is 17.1 Å². The summed E-state index contributed by atoms with van der Waals surface area (Å²) in [5.74, 6) is -0.351. The molecule has 0 spiro atoms. The van der Waals surface area contributed by atoms with Crippen LogP contribution in [-0.2, 0) is 12.6 Å². The lowest BCUT2D eigenvalue weighted by atomic mass is 10.6. The summed E-state index contributed by atoms with van der Waals surface area (Å²) in [7, 11) is 1.38. The van der Waals surface area contributed by atoms with Crippen LogP contribution >= 0.6 is 0 Å². The Bertz CT molecular complexity index is 241. The minimum atomic E-state index is -0.470. The molecule has 0 aromatic carbocycles. The van der Waals surface area contributed by atoms with Gasteiger partial charge in [0.2, 0.25) is 0 Å². The maximum absolute atomic E-state index is 10.7. The van der Waals surface area contributed by atoms with Gasteiger partial charge in [0.1, 0.15) is 5.75 Å². The number of methoxy groups -OCH3 is 1. The second-order valence-corrected chi connectivity index (χ2v) is 1.89. The average Bonchev–Trinajstić information content (AvgIpc) is 1.88. The third-order valence-corrected chi connectivity index (χ3v) is 1.12. The van der Waals surface area contributed by atoms with Crippen LogP contribution in [0.25, 0.3) is 0 Å². The van der Waals surface area contributed by atoms with E-state index in [1.165, 1.54) is 13.3 Å². The van der Waals surface area contributed by atoms with Crippen molar-refractivity contribution in [2.75, 3.05) is 7.11 Å². The quantitative estimate of drug-likeness (QED) is 0.404. The molecule has 0 fully saturated rings. The minimum absolute atomic E-state index is 0.0470. The Morgan fingerprint density at radius 3 is 2.90 bits per heavy atom. The molecule has 0 radical (unpaired) electrons. The van der Waals surface area contributed by atoms with Gasteiger partial charge in [-0.1, -0.05) is 0 Å². The first-order chi connectivity index (χ1) is 4.74. The fourth-order valence-electron chi connectivity index (χ4n) is 0.480. The normalized spacial score (nSPS) is 9.30. The lowest BCUT2D eigenvalue weighted by Crippen LogP contribution is -2.00. The first-order valence-electron chi connectivity index (χ1n) is 2.49. The molecule has 1 heterocycles. The number of hydrogen-bond donors (Lipinski definition) is 0. The Balaban J connectivity index is 3.07. The first kappa shape index (κ1) is 7.01. The summed E-state index contributed by atoms with van der Waals surface area (Å²) in [6.45, 7) is 0. The van der Waals surface area contributed by atoms with Gasteiger partial charge in [-0.15, -0.1) is 0 Å². The highest BCUT2D eigenvalue weighted by Gasteiger charge is 1.90. The Morgan fingerprint density at radius 2 is 2.40 bits per heavy atom. The van der Waals surface area contributed by atoms with Crippen LogP contribution < -0.4 is 9.84 Å². The summed E-state index contributed by atoms with van der Waals surface area (Å²) in [5.41, 5.74) is 0. The largest absolute Gasteiger partial charge is 0.856 e. The molecule has 0 atom stereocenters. The Hall–Kier alpha value is -1.10. The molecule has 0 aliphatic rings. The fraction of sp³-hybridized carbons (Fsp3) is 0.200. The predicted octanol–water partition coefficient (Wildman–Crippen LogP) is -0.535. The molecular weight excluding hydrogens is 152 g/mol. The third kappa shape index (κ3) is 1.24. The molecule has 1 rings (SSSR count). The monoisotopic (exact) mass is 156 g/mol. The fourth-order valence-corrected chi connectivity index (χ4v) is 0.616. The third-order valence-electron chi connectivity index (χ3n) is 0.920. The van der Waals surface area contributed by atoms with Crippen LogP contribution in [0, 0.1) is 0 Å². The minimum Gasteiger partial charge on any atom is -0.856 e. The standard InChI is InChI=1S/C5H6N2O2S/c1-9-3-2-6-5(10)7-4(3)8/h2H,1H3,(H2,6,7,8,10)/p-2. The van der Waals surface area contributed by atoms with Gasteiger partial charge in [0.05, 0.1) is 13.3 Å². The maximum Gasteiger partial charge on any atom is 0.147 e. The number of rotatable bonds is 1. The van der Waals surface area contributed by atoms with Crippen molar-refractivity contribution in [2.24, 2.45) is 0 Å². The average molecular weight is 156 g/mol. The second kappa shape index (κ2) is 2.66. The van der Waals surface area contributed by atoms with E-state index in [2.05, 4.69) is 27.3 Å². The van der Waals surface area contributed by atoms with E-state index < -0.39 is 5.88 Å². The Morgan fingerprint density at radius 1 is 1.70 bits per heavy atom. The van der Waals surface area contributed by atoms with Crippen molar-refractivity contribution in [2.45, 2.75) is 5.16 Å². The van der Waals surface area contributed by atoms with Crippen LogP contribution in [0.1, 0.15) is 0 Å². The van der Waals surface area contributed by atoms with Crippen molar-refractivity contribution < 1.29 is 9.84 Å². The van der Waals surface area contributed by atoms with Crippen molar-refractivity contribution in [3.05, 3.63) is 6.20 Å². The molecule has 0 saturated carbocycles. The van der Waals surface area contributed by atoms with Gasteiger partial charge in [0, 0.05) is 11.0 Å². The molecule has 5 heteroatoms. The number of aromatic nitrogens is 2. The Labute approximate surface area is 63.3 Å². The number of nitrogens with zero attached hydrogens (tertiary/aromatic N) is 2. The van der Waals surface area contributed by atoms with E-state index in [4.69, 9.17) is 0 Å². The smallest absolute Gasteiger partial charge is 0.147 e. The van der Waals surface area contributed by atoms with Gasteiger partial charge in [-0.05, 0) is 0 Å². The highest BCUT2D eigenvalue weighted by molar-refractivity contribution is 7.58. The van der Waals surface area contributed by atoms with Crippen LogP contribution in [0.2, 0.25) is 0 Å².